The standard InChI is InChI=1S/C16H20ClNO3/c1-12(16-7-4-8-21-16)18-9-14(19)11-20-10-13-5-2-3-6-15(13)17/h2-8,12,14,18-19H,9-11H2,1H3. The second-order valence-electron chi connectivity index (χ2n) is 4.91. The van der Waals surface area contributed by atoms with Crippen molar-refractivity contribution in [3.05, 3.63) is 59.0 Å². The van der Waals surface area contributed by atoms with Crippen LogP contribution in [-0.4, -0.2) is 24.4 Å². The molecule has 0 radical (unpaired) electrons. The minimum absolute atomic E-state index is 0.0539. The lowest BCUT2D eigenvalue weighted by atomic mass is 10.2. The van der Waals surface area contributed by atoms with Gasteiger partial charge in [0.25, 0.3) is 0 Å². The zero-order chi connectivity index (χ0) is 15.1. The van der Waals surface area contributed by atoms with Gasteiger partial charge in [-0.2, -0.15) is 0 Å². The number of hydrogen-bond acceptors (Lipinski definition) is 4. The summed E-state index contributed by atoms with van der Waals surface area (Å²) in [6.45, 7) is 3.06. The largest absolute Gasteiger partial charge is 0.468 e. The van der Waals surface area contributed by atoms with Crippen molar-refractivity contribution >= 4 is 11.6 Å². The number of aliphatic hydroxyl groups is 1. The summed E-state index contributed by atoms with van der Waals surface area (Å²) < 4.78 is 10.8. The highest BCUT2D eigenvalue weighted by Crippen LogP contribution is 2.16. The molecular weight excluding hydrogens is 290 g/mol. The topological polar surface area (TPSA) is 54.6 Å². The minimum atomic E-state index is -0.579. The zero-order valence-corrected chi connectivity index (χ0v) is 12.7. The van der Waals surface area contributed by atoms with E-state index in [9.17, 15) is 5.11 Å². The summed E-state index contributed by atoms with van der Waals surface area (Å²) in [5, 5.41) is 13.8. The molecule has 0 aliphatic rings. The number of aliphatic hydroxyl groups excluding tert-OH is 1. The van der Waals surface area contributed by atoms with Crippen molar-refractivity contribution in [1.82, 2.24) is 5.32 Å². The maximum atomic E-state index is 9.89. The minimum Gasteiger partial charge on any atom is -0.468 e. The monoisotopic (exact) mass is 309 g/mol. The van der Waals surface area contributed by atoms with Crippen molar-refractivity contribution in [3.8, 4) is 0 Å². The lowest BCUT2D eigenvalue weighted by Gasteiger charge is -2.16. The smallest absolute Gasteiger partial charge is 0.120 e. The molecule has 0 bridgehead atoms. The molecule has 2 atom stereocenters. The fourth-order valence-corrected chi connectivity index (χ4v) is 2.12. The van der Waals surface area contributed by atoms with Gasteiger partial charge in [-0.25, -0.2) is 0 Å². The Morgan fingerprint density at radius 1 is 1.29 bits per heavy atom. The van der Waals surface area contributed by atoms with Crippen LogP contribution in [0, 0.1) is 0 Å². The normalized spacial score (nSPS) is 14.0. The number of ether oxygens (including phenoxy) is 1. The first kappa shape index (κ1) is 16.0. The SMILES string of the molecule is CC(NCC(O)COCc1ccccc1Cl)c1ccco1. The van der Waals surface area contributed by atoms with Crippen molar-refractivity contribution < 1.29 is 14.3 Å². The van der Waals surface area contributed by atoms with Crippen molar-refractivity contribution in [2.45, 2.75) is 25.7 Å². The molecule has 114 valence electrons. The van der Waals surface area contributed by atoms with E-state index in [1.165, 1.54) is 0 Å². The third-order valence-corrected chi connectivity index (χ3v) is 3.52. The molecule has 0 saturated heterocycles. The van der Waals surface area contributed by atoms with Gasteiger partial charge in [-0.3, -0.25) is 0 Å². The molecule has 0 saturated carbocycles. The van der Waals surface area contributed by atoms with Crippen LogP contribution >= 0.6 is 11.6 Å². The predicted octanol–water partition coefficient (Wildman–Crippen LogP) is 3.16. The number of rotatable bonds is 8. The van der Waals surface area contributed by atoms with Crippen molar-refractivity contribution in [2.75, 3.05) is 13.2 Å². The van der Waals surface area contributed by atoms with Crippen molar-refractivity contribution in [2.24, 2.45) is 0 Å². The summed E-state index contributed by atoms with van der Waals surface area (Å²) in [5.74, 6) is 0.846. The van der Waals surface area contributed by atoms with Crippen LogP contribution in [0.2, 0.25) is 5.02 Å². The summed E-state index contributed by atoms with van der Waals surface area (Å²) in [5.41, 5.74) is 0.920. The van der Waals surface area contributed by atoms with Crippen LogP contribution in [0.15, 0.2) is 47.1 Å². The average Bonchev–Trinajstić information content (AvgIpc) is 3.01. The Balaban J connectivity index is 1.66. The molecule has 1 heterocycles. The number of nitrogens with one attached hydrogen (secondary N) is 1. The van der Waals surface area contributed by atoms with Gasteiger partial charge in [0.15, 0.2) is 0 Å². The van der Waals surface area contributed by atoms with E-state index in [-0.39, 0.29) is 12.6 Å². The fourth-order valence-electron chi connectivity index (χ4n) is 1.93. The molecule has 0 aliphatic carbocycles. The van der Waals surface area contributed by atoms with Crippen LogP contribution in [0.5, 0.6) is 0 Å². The molecule has 2 N–H and O–H groups in total. The van der Waals surface area contributed by atoms with E-state index < -0.39 is 6.10 Å². The molecule has 5 heteroatoms. The van der Waals surface area contributed by atoms with Crippen molar-refractivity contribution in [1.29, 1.82) is 0 Å². The van der Waals surface area contributed by atoms with Crippen LogP contribution < -0.4 is 5.32 Å². The summed E-state index contributed by atoms with van der Waals surface area (Å²) >= 11 is 6.03. The van der Waals surface area contributed by atoms with E-state index in [0.717, 1.165) is 11.3 Å². The third-order valence-electron chi connectivity index (χ3n) is 3.16. The van der Waals surface area contributed by atoms with Crippen LogP contribution in [0.1, 0.15) is 24.3 Å². The van der Waals surface area contributed by atoms with E-state index in [1.54, 1.807) is 6.26 Å². The van der Waals surface area contributed by atoms with E-state index >= 15 is 0 Å². The highest BCUT2D eigenvalue weighted by molar-refractivity contribution is 6.31. The Labute approximate surface area is 129 Å². The fraction of sp³-hybridized carbons (Fsp3) is 0.375. The Morgan fingerprint density at radius 3 is 2.81 bits per heavy atom. The highest BCUT2D eigenvalue weighted by Gasteiger charge is 2.11. The van der Waals surface area contributed by atoms with E-state index in [1.807, 2.05) is 43.3 Å². The molecule has 2 unspecified atom stereocenters. The second-order valence-corrected chi connectivity index (χ2v) is 5.31. The maximum absolute atomic E-state index is 9.89. The van der Waals surface area contributed by atoms with Gasteiger partial charge in [0.1, 0.15) is 5.76 Å². The van der Waals surface area contributed by atoms with Crippen LogP contribution in [0.3, 0.4) is 0 Å². The number of halogens is 1. The average molecular weight is 310 g/mol. The van der Waals surface area contributed by atoms with Gasteiger partial charge in [-0.15, -0.1) is 0 Å². The summed E-state index contributed by atoms with van der Waals surface area (Å²) in [4.78, 5) is 0. The molecule has 0 fully saturated rings. The first-order chi connectivity index (χ1) is 10.2. The summed E-state index contributed by atoms with van der Waals surface area (Å²) in [6, 6.07) is 11.3. The molecule has 1 aromatic carbocycles. The number of benzene rings is 1. The van der Waals surface area contributed by atoms with Crippen LogP contribution in [0.4, 0.5) is 0 Å². The van der Waals surface area contributed by atoms with Gasteiger partial charge in [0.2, 0.25) is 0 Å². The molecule has 2 aromatic rings. The molecule has 1 aromatic heterocycles. The van der Waals surface area contributed by atoms with Gasteiger partial charge in [0.05, 0.1) is 31.6 Å². The van der Waals surface area contributed by atoms with Gasteiger partial charge in [0, 0.05) is 11.6 Å². The Hall–Kier alpha value is -1.33. The molecular formula is C16H20ClNO3. The predicted molar refractivity (Wildman–Crippen MR) is 82.2 cm³/mol. The van der Waals surface area contributed by atoms with E-state index in [4.69, 9.17) is 20.8 Å². The van der Waals surface area contributed by atoms with Gasteiger partial charge >= 0.3 is 0 Å². The summed E-state index contributed by atoms with van der Waals surface area (Å²) in [6.07, 6.45) is 1.06. The molecule has 4 nitrogen and oxygen atoms in total. The highest BCUT2D eigenvalue weighted by atomic mass is 35.5. The Kier molecular flexibility index (Phi) is 6.26. The lowest BCUT2D eigenvalue weighted by Crippen LogP contribution is -2.32. The molecule has 0 spiro atoms. The second kappa shape index (κ2) is 8.20. The first-order valence-electron chi connectivity index (χ1n) is 6.93. The third kappa shape index (κ3) is 5.17. The van der Waals surface area contributed by atoms with Gasteiger partial charge in [-0.1, -0.05) is 29.8 Å². The van der Waals surface area contributed by atoms with E-state index in [0.29, 0.717) is 18.2 Å². The first-order valence-corrected chi connectivity index (χ1v) is 7.30. The van der Waals surface area contributed by atoms with E-state index in [2.05, 4.69) is 5.32 Å². The molecule has 0 amide bonds. The van der Waals surface area contributed by atoms with Gasteiger partial charge in [-0.05, 0) is 30.7 Å². The molecule has 21 heavy (non-hydrogen) atoms. The Morgan fingerprint density at radius 2 is 2.10 bits per heavy atom. The number of hydrogen-bond donors (Lipinski definition) is 2. The maximum Gasteiger partial charge on any atom is 0.120 e. The quantitative estimate of drug-likeness (QED) is 0.786. The van der Waals surface area contributed by atoms with Crippen molar-refractivity contribution in [3.63, 3.8) is 0 Å². The zero-order valence-electron chi connectivity index (χ0n) is 12.0. The summed E-state index contributed by atoms with van der Waals surface area (Å²) in [7, 11) is 0. The number of furan rings is 1. The van der Waals surface area contributed by atoms with Crippen LogP contribution in [-0.2, 0) is 11.3 Å². The van der Waals surface area contributed by atoms with Crippen LogP contribution in [0.25, 0.3) is 0 Å². The molecule has 0 aliphatic heterocycles. The molecule has 2 rings (SSSR count). The lowest BCUT2D eigenvalue weighted by molar-refractivity contribution is 0.0276. The van der Waals surface area contributed by atoms with Gasteiger partial charge < -0.3 is 19.6 Å². The Bertz CT molecular complexity index is 530.